The number of thioether (sulfide) groups is 1. The first-order chi connectivity index (χ1) is 17.9. The van der Waals surface area contributed by atoms with Gasteiger partial charge in [0.15, 0.2) is 5.16 Å². The summed E-state index contributed by atoms with van der Waals surface area (Å²) >= 11 is 3.13. The highest BCUT2D eigenvalue weighted by atomic mass is 32.2. The zero-order valence-electron chi connectivity index (χ0n) is 21.4. The fourth-order valence-corrected chi connectivity index (χ4v) is 6.57. The molecular formula is C27H32N6O2S2. The SMILES string of the molecule is Cc1c(NC(=O)C(C)Sc2nnc(Cc3cccs3)n2C2CCCCC2)c(=O)n(-c2ccccc2)n1C. The van der Waals surface area contributed by atoms with Crippen molar-refractivity contribution in [1.29, 1.82) is 0 Å². The summed E-state index contributed by atoms with van der Waals surface area (Å²) in [6, 6.07) is 14.0. The second-order valence-electron chi connectivity index (χ2n) is 9.50. The molecule has 1 aliphatic rings. The van der Waals surface area contributed by atoms with Gasteiger partial charge in [-0.25, -0.2) is 4.68 Å². The van der Waals surface area contributed by atoms with Crippen LogP contribution in [0.25, 0.3) is 5.69 Å². The number of carbonyl (C=O) groups excluding carboxylic acids is 1. The second kappa shape index (κ2) is 11.1. The Labute approximate surface area is 224 Å². The Morgan fingerprint density at radius 1 is 1.14 bits per heavy atom. The summed E-state index contributed by atoms with van der Waals surface area (Å²) in [4.78, 5) is 27.8. The van der Waals surface area contributed by atoms with Gasteiger partial charge in [0.25, 0.3) is 5.56 Å². The van der Waals surface area contributed by atoms with Gasteiger partial charge in [-0.3, -0.25) is 14.3 Å². The van der Waals surface area contributed by atoms with E-state index in [0.717, 1.165) is 35.9 Å². The minimum Gasteiger partial charge on any atom is -0.319 e. The van der Waals surface area contributed by atoms with Crippen molar-refractivity contribution in [2.24, 2.45) is 7.05 Å². The Bertz CT molecular complexity index is 1420. The molecule has 1 fully saturated rings. The van der Waals surface area contributed by atoms with Gasteiger partial charge in [0.2, 0.25) is 5.91 Å². The largest absolute Gasteiger partial charge is 0.319 e. The average Bonchev–Trinajstić information content (AvgIpc) is 3.62. The van der Waals surface area contributed by atoms with Crippen molar-refractivity contribution >= 4 is 34.7 Å². The highest BCUT2D eigenvalue weighted by Crippen LogP contribution is 2.35. The summed E-state index contributed by atoms with van der Waals surface area (Å²) < 4.78 is 5.60. The quantitative estimate of drug-likeness (QED) is 0.307. The van der Waals surface area contributed by atoms with E-state index in [2.05, 4.69) is 37.6 Å². The number of anilines is 1. The summed E-state index contributed by atoms with van der Waals surface area (Å²) in [7, 11) is 1.82. The highest BCUT2D eigenvalue weighted by Gasteiger charge is 2.27. The van der Waals surface area contributed by atoms with Crippen LogP contribution in [-0.4, -0.2) is 35.3 Å². The third kappa shape index (κ3) is 5.31. The number of rotatable bonds is 8. The van der Waals surface area contributed by atoms with E-state index in [1.54, 1.807) is 20.7 Å². The standard InChI is InChI=1S/C27H32N6O2S2/c1-18-24(26(35)33(31(18)3)21-13-8-5-9-14-21)28-25(34)19(2)37-27-30-29-23(17-22-15-10-16-36-22)32(27)20-11-6-4-7-12-20/h5,8-10,13-16,19-20H,4,6-7,11-12,17H2,1-3H3,(H,28,34). The molecule has 8 nitrogen and oxygen atoms in total. The van der Waals surface area contributed by atoms with Gasteiger partial charge in [0.1, 0.15) is 11.5 Å². The molecule has 1 atom stereocenters. The Balaban J connectivity index is 1.37. The van der Waals surface area contributed by atoms with Crippen molar-refractivity contribution in [1.82, 2.24) is 24.1 Å². The number of aromatic nitrogens is 5. The van der Waals surface area contributed by atoms with E-state index in [4.69, 9.17) is 0 Å². The third-order valence-corrected chi connectivity index (χ3v) is 8.97. The van der Waals surface area contributed by atoms with Crippen LogP contribution < -0.4 is 10.9 Å². The zero-order valence-corrected chi connectivity index (χ0v) is 23.0. The van der Waals surface area contributed by atoms with Crippen LogP contribution in [0.15, 0.2) is 57.8 Å². The summed E-state index contributed by atoms with van der Waals surface area (Å²) in [6.07, 6.45) is 6.60. The monoisotopic (exact) mass is 536 g/mol. The average molecular weight is 537 g/mol. The van der Waals surface area contributed by atoms with Gasteiger partial charge < -0.3 is 9.88 Å². The van der Waals surface area contributed by atoms with Crippen LogP contribution in [0.5, 0.6) is 0 Å². The highest BCUT2D eigenvalue weighted by molar-refractivity contribution is 8.00. The molecule has 4 aromatic rings. The van der Waals surface area contributed by atoms with E-state index < -0.39 is 5.25 Å². The lowest BCUT2D eigenvalue weighted by Gasteiger charge is -2.26. The van der Waals surface area contributed by atoms with Crippen molar-refractivity contribution < 1.29 is 4.79 Å². The molecule has 0 aliphatic heterocycles. The van der Waals surface area contributed by atoms with Crippen molar-refractivity contribution in [3.8, 4) is 5.69 Å². The Hall–Kier alpha value is -3.11. The maximum atomic E-state index is 13.3. The van der Waals surface area contributed by atoms with Gasteiger partial charge in [-0.15, -0.1) is 21.5 Å². The van der Waals surface area contributed by atoms with Gasteiger partial charge >= 0.3 is 0 Å². The Morgan fingerprint density at radius 3 is 2.59 bits per heavy atom. The molecule has 1 saturated carbocycles. The number of carbonyl (C=O) groups is 1. The number of amides is 1. The summed E-state index contributed by atoms with van der Waals surface area (Å²) in [5.41, 5.74) is 1.50. The zero-order chi connectivity index (χ0) is 25.9. The predicted octanol–water partition coefficient (Wildman–Crippen LogP) is 5.35. The molecule has 194 valence electrons. The van der Waals surface area contributed by atoms with Gasteiger partial charge in [-0.1, -0.05) is 55.3 Å². The number of nitrogens with zero attached hydrogens (tertiary/aromatic N) is 5. The first-order valence-electron chi connectivity index (χ1n) is 12.7. The number of hydrogen-bond acceptors (Lipinski definition) is 6. The molecule has 1 aromatic carbocycles. The van der Waals surface area contributed by atoms with Crippen LogP contribution in [-0.2, 0) is 18.3 Å². The van der Waals surface area contributed by atoms with E-state index >= 15 is 0 Å². The molecule has 0 saturated heterocycles. The fraction of sp³-hybridized carbons (Fsp3) is 0.407. The Morgan fingerprint density at radius 2 is 1.89 bits per heavy atom. The van der Waals surface area contributed by atoms with Crippen LogP contribution in [0.1, 0.15) is 61.5 Å². The molecule has 1 N–H and O–H groups in total. The van der Waals surface area contributed by atoms with Crippen LogP contribution in [0.2, 0.25) is 0 Å². The molecular weight excluding hydrogens is 504 g/mol. The molecule has 37 heavy (non-hydrogen) atoms. The molecule has 5 rings (SSSR count). The Kier molecular flexibility index (Phi) is 7.66. The second-order valence-corrected chi connectivity index (χ2v) is 11.8. The lowest BCUT2D eigenvalue weighted by Crippen LogP contribution is -2.27. The van der Waals surface area contributed by atoms with Crippen LogP contribution in [0.4, 0.5) is 5.69 Å². The first-order valence-corrected chi connectivity index (χ1v) is 14.5. The maximum absolute atomic E-state index is 13.3. The van der Waals surface area contributed by atoms with Crippen molar-refractivity contribution in [3.63, 3.8) is 0 Å². The van der Waals surface area contributed by atoms with Gasteiger partial charge in [-0.2, -0.15) is 0 Å². The number of nitrogens with one attached hydrogen (secondary N) is 1. The fourth-order valence-electron chi connectivity index (χ4n) is 4.93. The molecule has 0 radical (unpaired) electrons. The summed E-state index contributed by atoms with van der Waals surface area (Å²) in [5.74, 6) is 0.725. The molecule has 1 amide bonds. The minimum atomic E-state index is -0.453. The third-order valence-electron chi connectivity index (χ3n) is 7.04. The van der Waals surface area contributed by atoms with Crippen LogP contribution in [0, 0.1) is 6.92 Å². The van der Waals surface area contributed by atoms with Gasteiger partial charge in [-0.05, 0) is 50.3 Å². The smallest absolute Gasteiger partial charge is 0.295 e. The van der Waals surface area contributed by atoms with Crippen LogP contribution in [0.3, 0.4) is 0 Å². The number of hydrogen-bond donors (Lipinski definition) is 1. The normalized spacial score (nSPS) is 15.1. The van der Waals surface area contributed by atoms with Crippen molar-refractivity contribution in [2.45, 2.75) is 68.8 Å². The number of thiophene rings is 1. The molecule has 10 heteroatoms. The van der Waals surface area contributed by atoms with E-state index in [-0.39, 0.29) is 11.5 Å². The molecule has 3 aromatic heterocycles. The molecule has 0 spiro atoms. The summed E-state index contributed by atoms with van der Waals surface area (Å²) in [5, 5.41) is 14.4. The van der Waals surface area contributed by atoms with Crippen molar-refractivity contribution in [2.75, 3.05) is 5.32 Å². The lowest BCUT2D eigenvalue weighted by molar-refractivity contribution is -0.115. The molecule has 0 bridgehead atoms. The van der Waals surface area contributed by atoms with E-state index in [0.29, 0.717) is 17.4 Å². The number of benzene rings is 1. The minimum absolute atomic E-state index is 0.228. The van der Waals surface area contributed by atoms with E-state index in [9.17, 15) is 9.59 Å². The van der Waals surface area contributed by atoms with E-state index in [1.807, 2.05) is 51.2 Å². The number of para-hydroxylation sites is 1. The van der Waals surface area contributed by atoms with Gasteiger partial charge in [0, 0.05) is 24.4 Å². The molecule has 1 aliphatic carbocycles. The summed E-state index contributed by atoms with van der Waals surface area (Å²) in [6.45, 7) is 3.69. The molecule has 1 unspecified atom stereocenters. The van der Waals surface area contributed by atoms with Crippen molar-refractivity contribution in [3.05, 3.63) is 74.6 Å². The maximum Gasteiger partial charge on any atom is 0.295 e. The van der Waals surface area contributed by atoms with E-state index in [1.165, 1.54) is 35.9 Å². The topological polar surface area (TPSA) is 86.7 Å². The molecule has 3 heterocycles. The van der Waals surface area contributed by atoms with Gasteiger partial charge in [0.05, 0.1) is 16.6 Å². The first kappa shape index (κ1) is 25.5. The lowest BCUT2D eigenvalue weighted by atomic mass is 9.95. The van der Waals surface area contributed by atoms with Crippen LogP contribution >= 0.6 is 23.1 Å². The predicted molar refractivity (Wildman–Crippen MR) is 149 cm³/mol.